The van der Waals surface area contributed by atoms with Gasteiger partial charge in [-0.05, 0) is 43.4 Å². The predicted octanol–water partition coefficient (Wildman–Crippen LogP) is 3.37. The molecule has 2 fully saturated rings. The SMILES string of the molecule is CCC(N)C(c1ccc(Cl)cc1)N1CCOC2CCCC21. The van der Waals surface area contributed by atoms with E-state index in [0.29, 0.717) is 12.1 Å². The normalized spacial score (nSPS) is 29.1. The molecule has 1 aliphatic carbocycles. The molecule has 1 aromatic rings. The van der Waals surface area contributed by atoms with Crippen molar-refractivity contribution in [2.75, 3.05) is 13.2 Å². The molecule has 0 amide bonds. The van der Waals surface area contributed by atoms with Crippen molar-refractivity contribution in [3.8, 4) is 0 Å². The van der Waals surface area contributed by atoms with Crippen molar-refractivity contribution in [1.29, 1.82) is 0 Å². The van der Waals surface area contributed by atoms with Crippen LogP contribution in [0.3, 0.4) is 0 Å². The largest absolute Gasteiger partial charge is 0.375 e. The van der Waals surface area contributed by atoms with Crippen molar-refractivity contribution >= 4 is 11.6 Å². The van der Waals surface area contributed by atoms with Crippen LogP contribution in [0, 0.1) is 0 Å². The molecule has 1 saturated heterocycles. The summed E-state index contributed by atoms with van der Waals surface area (Å²) in [6.45, 7) is 3.96. The van der Waals surface area contributed by atoms with E-state index in [1.165, 1.54) is 24.8 Å². The number of nitrogens with two attached hydrogens (primary N) is 1. The first-order chi connectivity index (χ1) is 10.2. The molecule has 1 saturated carbocycles. The maximum absolute atomic E-state index is 6.49. The predicted molar refractivity (Wildman–Crippen MR) is 86.5 cm³/mol. The third kappa shape index (κ3) is 3.11. The molecule has 4 atom stereocenters. The molecule has 1 heterocycles. The molecule has 21 heavy (non-hydrogen) atoms. The molecule has 1 aromatic carbocycles. The Balaban J connectivity index is 1.89. The van der Waals surface area contributed by atoms with Crippen molar-refractivity contribution in [3.63, 3.8) is 0 Å². The lowest BCUT2D eigenvalue weighted by molar-refractivity contribution is -0.0762. The van der Waals surface area contributed by atoms with Gasteiger partial charge in [-0.2, -0.15) is 0 Å². The van der Waals surface area contributed by atoms with Crippen LogP contribution in [0.5, 0.6) is 0 Å². The molecule has 3 rings (SSSR count). The molecule has 0 radical (unpaired) electrons. The van der Waals surface area contributed by atoms with Crippen LogP contribution in [0.2, 0.25) is 5.02 Å². The fourth-order valence-electron chi connectivity index (χ4n) is 3.87. The zero-order valence-electron chi connectivity index (χ0n) is 12.7. The van der Waals surface area contributed by atoms with Gasteiger partial charge in [0.15, 0.2) is 0 Å². The molecule has 1 aliphatic heterocycles. The van der Waals surface area contributed by atoms with Gasteiger partial charge in [-0.3, -0.25) is 4.90 Å². The average Bonchev–Trinajstić information content (AvgIpc) is 2.98. The van der Waals surface area contributed by atoms with Crippen LogP contribution >= 0.6 is 11.6 Å². The maximum Gasteiger partial charge on any atom is 0.0731 e. The number of ether oxygens (including phenoxy) is 1. The van der Waals surface area contributed by atoms with Gasteiger partial charge in [-0.1, -0.05) is 30.7 Å². The average molecular weight is 309 g/mol. The second-order valence-corrected chi connectivity index (χ2v) is 6.65. The maximum atomic E-state index is 6.49. The highest BCUT2D eigenvalue weighted by atomic mass is 35.5. The van der Waals surface area contributed by atoms with Crippen LogP contribution in [0.4, 0.5) is 0 Å². The summed E-state index contributed by atoms with van der Waals surface area (Å²) in [5, 5.41) is 0.781. The van der Waals surface area contributed by atoms with Gasteiger partial charge >= 0.3 is 0 Å². The Kier molecular flexibility index (Phi) is 4.85. The summed E-state index contributed by atoms with van der Waals surface area (Å²) in [5.41, 5.74) is 7.76. The summed E-state index contributed by atoms with van der Waals surface area (Å²) in [6, 6.07) is 9.13. The third-order valence-electron chi connectivity index (χ3n) is 4.97. The summed E-state index contributed by atoms with van der Waals surface area (Å²) in [4.78, 5) is 2.60. The Morgan fingerprint density at radius 3 is 2.81 bits per heavy atom. The number of hydrogen-bond donors (Lipinski definition) is 1. The quantitative estimate of drug-likeness (QED) is 0.927. The van der Waals surface area contributed by atoms with E-state index in [9.17, 15) is 0 Å². The van der Waals surface area contributed by atoms with Gasteiger partial charge in [-0.15, -0.1) is 0 Å². The van der Waals surface area contributed by atoms with Crippen LogP contribution in [-0.2, 0) is 4.74 Å². The van der Waals surface area contributed by atoms with E-state index < -0.39 is 0 Å². The number of rotatable bonds is 4. The molecule has 0 bridgehead atoms. The van der Waals surface area contributed by atoms with E-state index in [0.717, 1.165) is 24.6 Å². The molecule has 3 nitrogen and oxygen atoms in total. The number of nitrogens with zero attached hydrogens (tertiary/aromatic N) is 1. The monoisotopic (exact) mass is 308 g/mol. The Bertz CT molecular complexity index is 464. The molecular weight excluding hydrogens is 284 g/mol. The summed E-state index contributed by atoms with van der Waals surface area (Å²) in [6.07, 6.45) is 5.06. The molecule has 0 aromatic heterocycles. The van der Waals surface area contributed by atoms with Crippen LogP contribution in [0.1, 0.15) is 44.2 Å². The van der Waals surface area contributed by atoms with E-state index in [-0.39, 0.29) is 12.1 Å². The minimum Gasteiger partial charge on any atom is -0.375 e. The second-order valence-electron chi connectivity index (χ2n) is 6.21. The molecular formula is C17H25ClN2O. The van der Waals surface area contributed by atoms with Gasteiger partial charge in [-0.25, -0.2) is 0 Å². The van der Waals surface area contributed by atoms with Gasteiger partial charge in [0.1, 0.15) is 0 Å². The smallest absolute Gasteiger partial charge is 0.0731 e. The highest BCUT2D eigenvalue weighted by Crippen LogP contribution is 2.37. The molecule has 116 valence electrons. The standard InChI is InChI=1S/C17H25ClN2O/c1-2-14(19)17(12-6-8-13(18)9-7-12)20-10-11-21-16-5-3-4-15(16)20/h6-9,14-17H,2-5,10-11,19H2,1H3. The van der Waals surface area contributed by atoms with Gasteiger partial charge in [0, 0.05) is 23.7 Å². The first-order valence-corrected chi connectivity index (χ1v) is 8.47. The summed E-state index contributed by atoms with van der Waals surface area (Å²) in [5.74, 6) is 0. The van der Waals surface area contributed by atoms with Gasteiger partial charge in [0.05, 0.1) is 18.8 Å². The Labute approximate surface area is 132 Å². The Hall–Kier alpha value is -0.610. The van der Waals surface area contributed by atoms with E-state index >= 15 is 0 Å². The van der Waals surface area contributed by atoms with Gasteiger partial charge < -0.3 is 10.5 Å². The topological polar surface area (TPSA) is 38.5 Å². The zero-order chi connectivity index (χ0) is 14.8. The van der Waals surface area contributed by atoms with Crippen molar-refractivity contribution in [3.05, 3.63) is 34.9 Å². The van der Waals surface area contributed by atoms with Crippen molar-refractivity contribution in [2.45, 2.75) is 56.8 Å². The summed E-state index contributed by atoms with van der Waals surface area (Å²) < 4.78 is 5.95. The van der Waals surface area contributed by atoms with Crippen molar-refractivity contribution < 1.29 is 4.74 Å². The van der Waals surface area contributed by atoms with Crippen LogP contribution in [0.25, 0.3) is 0 Å². The summed E-state index contributed by atoms with van der Waals surface area (Å²) in [7, 11) is 0. The van der Waals surface area contributed by atoms with E-state index in [1.807, 2.05) is 12.1 Å². The highest BCUT2D eigenvalue weighted by Gasteiger charge is 2.40. The number of morpholine rings is 1. The Morgan fingerprint density at radius 1 is 1.33 bits per heavy atom. The van der Waals surface area contributed by atoms with Gasteiger partial charge in [0.2, 0.25) is 0 Å². The number of hydrogen-bond acceptors (Lipinski definition) is 3. The van der Waals surface area contributed by atoms with E-state index in [4.69, 9.17) is 22.1 Å². The van der Waals surface area contributed by atoms with Crippen molar-refractivity contribution in [1.82, 2.24) is 4.90 Å². The van der Waals surface area contributed by atoms with Crippen LogP contribution in [-0.4, -0.2) is 36.2 Å². The summed E-state index contributed by atoms with van der Waals surface area (Å²) >= 11 is 6.04. The lowest BCUT2D eigenvalue weighted by atomic mass is 9.93. The fraction of sp³-hybridized carbons (Fsp3) is 0.647. The number of fused-ring (bicyclic) bond motifs is 1. The fourth-order valence-corrected chi connectivity index (χ4v) is 3.99. The lowest BCUT2D eigenvalue weighted by Crippen LogP contribution is -2.53. The lowest BCUT2D eigenvalue weighted by Gasteiger charge is -2.44. The first kappa shape index (κ1) is 15.3. The molecule has 4 unspecified atom stereocenters. The van der Waals surface area contributed by atoms with E-state index in [1.54, 1.807) is 0 Å². The van der Waals surface area contributed by atoms with Crippen LogP contribution < -0.4 is 5.73 Å². The molecule has 2 aliphatic rings. The minimum absolute atomic E-state index is 0.144. The minimum atomic E-state index is 0.144. The Morgan fingerprint density at radius 2 is 2.10 bits per heavy atom. The molecule has 0 spiro atoms. The molecule has 4 heteroatoms. The zero-order valence-corrected chi connectivity index (χ0v) is 13.4. The van der Waals surface area contributed by atoms with Crippen molar-refractivity contribution in [2.24, 2.45) is 5.73 Å². The van der Waals surface area contributed by atoms with E-state index in [2.05, 4.69) is 24.0 Å². The third-order valence-corrected chi connectivity index (χ3v) is 5.22. The first-order valence-electron chi connectivity index (χ1n) is 8.09. The highest BCUT2D eigenvalue weighted by molar-refractivity contribution is 6.30. The second kappa shape index (κ2) is 6.66. The molecule has 2 N–H and O–H groups in total. The van der Waals surface area contributed by atoms with Crippen LogP contribution in [0.15, 0.2) is 24.3 Å². The number of halogens is 1. The van der Waals surface area contributed by atoms with Gasteiger partial charge in [0.25, 0.3) is 0 Å². The number of benzene rings is 1.